The summed E-state index contributed by atoms with van der Waals surface area (Å²) in [5.41, 5.74) is -0.203. The number of fused-ring (bicyclic) bond motifs is 2. The lowest BCUT2D eigenvalue weighted by Gasteiger charge is -2.31. The van der Waals surface area contributed by atoms with E-state index in [1.165, 1.54) is 19.3 Å². The van der Waals surface area contributed by atoms with Crippen LogP contribution in [0.4, 0.5) is 0 Å². The summed E-state index contributed by atoms with van der Waals surface area (Å²) in [6.45, 7) is 1.77. The number of carbonyl (C=O) groups is 2. The Kier molecular flexibility index (Phi) is 5.02. The Morgan fingerprint density at radius 1 is 1.32 bits per heavy atom. The summed E-state index contributed by atoms with van der Waals surface area (Å²) >= 11 is 0. The maximum atomic E-state index is 12.7. The summed E-state index contributed by atoms with van der Waals surface area (Å²) in [6.07, 6.45) is 5.30. The number of aliphatic carboxylic acids is 1. The molecule has 3 rings (SSSR count). The zero-order valence-electron chi connectivity index (χ0n) is 15.0. The van der Waals surface area contributed by atoms with Crippen LogP contribution in [0.5, 0.6) is 5.75 Å². The van der Waals surface area contributed by atoms with Crippen LogP contribution in [0, 0.1) is 17.8 Å². The normalized spacial score (nSPS) is 26.9. The maximum absolute atomic E-state index is 12.7. The molecule has 2 saturated carbocycles. The average molecular weight is 345 g/mol. The number of benzene rings is 1. The van der Waals surface area contributed by atoms with Gasteiger partial charge in [0.2, 0.25) is 5.91 Å². The van der Waals surface area contributed by atoms with Gasteiger partial charge in [0.1, 0.15) is 5.75 Å². The molecule has 136 valence electrons. The number of hydrogen-bond donors (Lipinski definition) is 2. The topological polar surface area (TPSA) is 75.6 Å². The molecule has 5 nitrogen and oxygen atoms in total. The molecule has 2 N–H and O–H groups in total. The maximum Gasteiger partial charge on any atom is 0.306 e. The minimum atomic E-state index is -0.949. The highest BCUT2D eigenvalue weighted by atomic mass is 16.5. The molecule has 25 heavy (non-hydrogen) atoms. The molecule has 4 atom stereocenters. The van der Waals surface area contributed by atoms with Crippen molar-refractivity contribution in [1.82, 2.24) is 5.32 Å². The van der Waals surface area contributed by atoms with E-state index in [1.54, 1.807) is 20.1 Å². The van der Waals surface area contributed by atoms with Crippen LogP contribution in [-0.2, 0) is 15.1 Å². The Balaban J connectivity index is 1.73. The highest BCUT2D eigenvalue weighted by molar-refractivity contribution is 5.79. The average Bonchev–Trinajstić information content (AvgIpc) is 3.16. The molecule has 1 aromatic rings. The lowest BCUT2D eigenvalue weighted by molar-refractivity contribution is -0.139. The fraction of sp³-hybridized carbons (Fsp3) is 0.600. The number of hydrogen-bond acceptors (Lipinski definition) is 3. The van der Waals surface area contributed by atoms with Gasteiger partial charge in [-0.3, -0.25) is 9.59 Å². The van der Waals surface area contributed by atoms with E-state index in [9.17, 15) is 14.7 Å². The molecule has 2 bridgehead atoms. The highest BCUT2D eigenvalue weighted by Crippen LogP contribution is 2.49. The van der Waals surface area contributed by atoms with Gasteiger partial charge in [0.15, 0.2) is 0 Å². The van der Waals surface area contributed by atoms with Crippen molar-refractivity contribution in [2.45, 2.75) is 51.0 Å². The van der Waals surface area contributed by atoms with Crippen molar-refractivity contribution in [2.24, 2.45) is 17.8 Å². The van der Waals surface area contributed by atoms with Gasteiger partial charge in [-0.25, -0.2) is 0 Å². The fourth-order valence-electron chi connectivity index (χ4n) is 4.71. The van der Waals surface area contributed by atoms with E-state index >= 15 is 0 Å². The lowest BCUT2D eigenvalue weighted by Crippen LogP contribution is -2.45. The third-order valence-corrected chi connectivity index (χ3v) is 5.96. The van der Waals surface area contributed by atoms with Gasteiger partial charge < -0.3 is 15.2 Å². The van der Waals surface area contributed by atoms with Gasteiger partial charge in [-0.05, 0) is 61.6 Å². The van der Waals surface area contributed by atoms with Crippen LogP contribution in [0.15, 0.2) is 24.3 Å². The van der Waals surface area contributed by atoms with Crippen molar-refractivity contribution in [1.29, 1.82) is 0 Å². The Morgan fingerprint density at radius 2 is 2.12 bits per heavy atom. The molecule has 1 aromatic carbocycles. The van der Waals surface area contributed by atoms with Crippen LogP contribution in [0.1, 0.15) is 51.0 Å². The van der Waals surface area contributed by atoms with Crippen molar-refractivity contribution >= 4 is 11.9 Å². The third kappa shape index (κ3) is 3.97. The molecule has 2 aliphatic carbocycles. The zero-order chi connectivity index (χ0) is 18.0. The van der Waals surface area contributed by atoms with E-state index in [0.717, 1.165) is 17.9 Å². The van der Waals surface area contributed by atoms with Crippen LogP contribution in [0.25, 0.3) is 0 Å². The zero-order valence-corrected chi connectivity index (χ0v) is 15.0. The monoisotopic (exact) mass is 345 g/mol. The summed E-state index contributed by atoms with van der Waals surface area (Å²) in [4.78, 5) is 24.1. The van der Waals surface area contributed by atoms with Crippen molar-refractivity contribution in [2.75, 3.05) is 7.11 Å². The molecule has 0 aromatic heterocycles. The molecular weight excluding hydrogens is 318 g/mol. The van der Waals surface area contributed by atoms with Gasteiger partial charge >= 0.3 is 5.97 Å². The molecule has 4 unspecified atom stereocenters. The number of nitrogens with one attached hydrogen (secondary N) is 1. The van der Waals surface area contributed by atoms with E-state index in [0.29, 0.717) is 24.0 Å². The summed E-state index contributed by atoms with van der Waals surface area (Å²) in [5, 5.41) is 12.3. The first-order chi connectivity index (χ1) is 11.9. The van der Waals surface area contributed by atoms with Crippen LogP contribution < -0.4 is 10.1 Å². The molecule has 0 aliphatic heterocycles. The van der Waals surface area contributed by atoms with Crippen LogP contribution >= 0.6 is 0 Å². The van der Waals surface area contributed by atoms with Crippen LogP contribution in [-0.4, -0.2) is 24.1 Å². The Morgan fingerprint density at radius 3 is 2.72 bits per heavy atom. The largest absolute Gasteiger partial charge is 0.497 e. The Bertz CT molecular complexity index is 659. The minimum absolute atomic E-state index is 0.0517. The number of methoxy groups -OCH3 is 1. The summed E-state index contributed by atoms with van der Waals surface area (Å²) < 4.78 is 5.24. The van der Waals surface area contributed by atoms with Crippen LogP contribution in [0.2, 0.25) is 0 Å². The number of carbonyl (C=O) groups excluding carboxylic acids is 1. The number of carboxylic acids is 1. The minimum Gasteiger partial charge on any atom is -0.497 e. The van der Waals surface area contributed by atoms with E-state index in [2.05, 4.69) is 5.32 Å². The predicted octanol–water partition coefficient (Wildman–Crippen LogP) is 3.33. The van der Waals surface area contributed by atoms with Gasteiger partial charge in [-0.1, -0.05) is 18.6 Å². The Hall–Kier alpha value is -2.04. The first-order valence-electron chi connectivity index (χ1n) is 9.07. The Labute approximate surface area is 148 Å². The van der Waals surface area contributed by atoms with Crippen LogP contribution in [0.3, 0.4) is 0 Å². The second-order valence-corrected chi connectivity index (χ2v) is 7.82. The number of rotatable bonds is 7. The van der Waals surface area contributed by atoms with Gasteiger partial charge in [0.25, 0.3) is 0 Å². The highest BCUT2D eigenvalue weighted by Gasteiger charge is 2.41. The van der Waals surface area contributed by atoms with E-state index < -0.39 is 11.5 Å². The number of carboxylic acid groups (broad SMARTS) is 1. The first-order valence-corrected chi connectivity index (χ1v) is 9.07. The molecule has 1 amide bonds. The molecule has 0 radical (unpaired) electrons. The van der Waals surface area contributed by atoms with Crippen molar-refractivity contribution in [3.8, 4) is 5.75 Å². The smallest absolute Gasteiger partial charge is 0.306 e. The van der Waals surface area contributed by atoms with Crippen molar-refractivity contribution in [3.63, 3.8) is 0 Å². The molecule has 5 heteroatoms. The summed E-state index contributed by atoms with van der Waals surface area (Å²) in [5.74, 6) is 1.59. The van der Waals surface area contributed by atoms with Gasteiger partial charge in [-0.2, -0.15) is 0 Å². The number of amides is 1. The van der Waals surface area contributed by atoms with E-state index in [-0.39, 0.29) is 12.3 Å². The van der Waals surface area contributed by atoms with Gasteiger partial charge in [-0.15, -0.1) is 0 Å². The fourth-order valence-corrected chi connectivity index (χ4v) is 4.71. The predicted molar refractivity (Wildman–Crippen MR) is 94.3 cm³/mol. The van der Waals surface area contributed by atoms with Gasteiger partial charge in [0.05, 0.1) is 19.1 Å². The molecule has 0 saturated heterocycles. The standard InChI is InChI=1S/C20H27NO4/c1-20(12-19(23)24,16-4-3-5-17(11-16)25-2)21-18(22)10-15-9-13-6-7-14(15)8-13/h3-5,11,13-15H,6-10,12H2,1-2H3,(H,21,22)(H,23,24). The van der Waals surface area contributed by atoms with E-state index in [1.807, 2.05) is 18.2 Å². The molecule has 0 spiro atoms. The summed E-state index contributed by atoms with van der Waals surface area (Å²) in [7, 11) is 1.57. The SMILES string of the molecule is COc1cccc(C(C)(CC(=O)O)NC(=O)CC2CC3CCC2C3)c1. The lowest BCUT2D eigenvalue weighted by atomic mass is 9.84. The third-order valence-electron chi connectivity index (χ3n) is 5.96. The van der Waals surface area contributed by atoms with Crippen molar-refractivity contribution < 1.29 is 19.4 Å². The quantitative estimate of drug-likeness (QED) is 0.795. The first kappa shape index (κ1) is 17.8. The summed E-state index contributed by atoms with van der Waals surface area (Å²) in [6, 6.07) is 7.25. The second-order valence-electron chi connectivity index (χ2n) is 7.82. The second kappa shape index (κ2) is 7.06. The molecule has 2 aliphatic rings. The molecular formula is C20H27NO4. The molecule has 2 fully saturated rings. The molecule has 0 heterocycles. The number of ether oxygens (including phenoxy) is 1. The van der Waals surface area contributed by atoms with Gasteiger partial charge in [0, 0.05) is 6.42 Å². The van der Waals surface area contributed by atoms with Crippen molar-refractivity contribution in [3.05, 3.63) is 29.8 Å². The van der Waals surface area contributed by atoms with E-state index in [4.69, 9.17) is 4.74 Å².